The summed E-state index contributed by atoms with van der Waals surface area (Å²) in [6.07, 6.45) is -1.51. The molecule has 0 aliphatic heterocycles. The van der Waals surface area contributed by atoms with Gasteiger partial charge in [-0.05, 0) is 50.1 Å². The number of halogens is 2. The third-order valence-electron chi connectivity index (χ3n) is 4.80. The van der Waals surface area contributed by atoms with Gasteiger partial charge in [-0.15, -0.1) is 11.3 Å². The van der Waals surface area contributed by atoms with Gasteiger partial charge >= 0.3 is 5.97 Å². The van der Waals surface area contributed by atoms with Crippen molar-refractivity contribution in [1.29, 1.82) is 0 Å². The topological polar surface area (TPSA) is 85.8 Å². The molecule has 182 valence electrons. The van der Waals surface area contributed by atoms with Gasteiger partial charge in [-0.25, -0.2) is 18.6 Å². The van der Waals surface area contributed by atoms with E-state index < -0.39 is 34.5 Å². The van der Waals surface area contributed by atoms with E-state index in [0.717, 1.165) is 21.7 Å². The minimum atomic E-state index is -4.23. The van der Waals surface area contributed by atoms with E-state index in [-0.39, 0.29) is 27.9 Å². The second-order valence-electron chi connectivity index (χ2n) is 7.62. The van der Waals surface area contributed by atoms with Gasteiger partial charge in [-0.2, -0.15) is 8.42 Å². The first-order valence-electron chi connectivity index (χ1n) is 10.2. The molecule has 2 aromatic carbocycles. The fraction of sp³-hybridized carbons (Fsp3) is 0.304. The molecule has 0 radical (unpaired) electrons. The number of nitrogens with zero attached hydrogens (tertiary/aromatic N) is 2. The summed E-state index contributed by atoms with van der Waals surface area (Å²) in [6, 6.07) is 8.75. The van der Waals surface area contributed by atoms with E-state index in [2.05, 4.69) is 9.72 Å². The first-order chi connectivity index (χ1) is 16.0. The van der Waals surface area contributed by atoms with Crippen molar-refractivity contribution in [3.8, 4) is 5.75 Å². The number of alkyl halides is 1. The van der Waals surface area contributed by atoms with E-state index in [9.17, 15) is 22.0 Å². The normalized spacial score (nSPS) is 12.3. The number of carbonyl (C=O) groups is 1. The Morgan fingerprint density at radius 3 is 2.44 bits per heavy atom. The number of sulfonamides is 1. The Hall–Kier alpha value is -3.05. The number of hydrogen-bond acceptors (Lipinski definition) is 7. The number of methoxy groups -OCH3 is 1. The van der Waals surface area contributed by atoms with Crippen LogP contribution in [0.4, 0.5) is 14.5 Å². The van der Waals surface area contributed by atoms with Crippen molar-refractivity contribution >= 4 is 33.0 Å². The molecule has 0 amide bonds. The maximum Gasteiger partial charge on any atom is 0.337 e. The Labute approximate surface area is 201 Å². The summed E-state index contributed by atoms with van der Waals surface area (Å²) in [5.41, 5.74) is 1.68. The molecule has 0 aliphatic carbocycles. The average molecular weight is 511 g/mol. The predicted molar refractivity (Wildman–Crippen MR) is 125 cm³/mol. The standard InChI is InChI=1S/C23H24F2N2O5S2/c1-14-9-20(27(11-15(2)24)34(29,30)23-26-16(3)13-33-23)21(10-19(14)25)32-12-17-5-7-18(8-6-17)22(28)31-4/h5-10,13,15H,11-12H2,1-4H3. The molecule has 0 N–H and O–H groups in total. The zero-order valence-corrected chi connectivity index (χ0v) is 20.7. The fourth-order valence-electron chi connectivity index (χ4n) is 3.07. The fourth-order valence-corrected chi connectivity index (χ4v) is 5.75. The first kappa shape index (κ1) is 25.6. The van der Waals surface area contributed by atoms with Crippen LogP contribution in [0, 0.1) is 19.7 Å². The Bertz CT molecular complexity index is 1280. The molecule has 11 heteroatoms. The van der Waals surface area contributed by atoms with Crippen molar-refractivity contribution in [3.63, 3.8) is 0 Å². The molecule has 34 heavy (non-hydrogen) atoms. The predicted octanol–water partition coefficient (Wildman–Crippen LogP) is 4.82. The summed E-state index contributed by atoms with van der Waals surface area (Å²) in [6.45, 7) is 3.81. The number of aromatic nitrogens is 1. The van der Waals surface area contributed by atoms with Gasteiger partial charge in [0.05, 0.1) is 24.9 Å². The van der Waals surface area contributed by atoms with Crippen molar-refractivity contribution in [2.75, 3.05) is 18.0 Å². The van der Waals surface area contributed by atoms with Crippen molar-refractivity contribution in [2.45, 2.75) is 37.9 Å². The molecule has 1 heterocycles. The molecule has 7 nitrogen and oxygen atoms in total. The number of rotatable bonds is 9. The van der Waals surface area contributed by atoms with Crippen LogP contribution < -0.4 is 9.04 Å². The van der Waals surface area contributed by atoms with Gasteiger partial charge in [0, 0.05) is 17.1 Å². The number of anilines is 1. The van der Waals surface area contributed by atoms with Gasteiger partial charge in [0.1, 0.15) is 24.3 Å². The molecule has 1 aromatic heterocycles. The van der Waals surface area contributed by atoms with Crippen molar-refractivity contribution in [2.24, 2.45) is 0 Å². The highest BCUT2D eigenvalue weighted by molar-refractivity contribution is 7.94. The number of aryl methyl sites for hydroxylation is 2. The van der Waals surface area contributed by atoms with Crippen LogP contribution in [0.3, 0.4) is 0 Å². The van der Waals surface area contributed by atoms with Crippen LogP contribution >= 0.6 is 11.3 Å². The molecule has 3 aromatic rings. The molecule has 0 saturated heterocycles. The second kappa shape index (κ2) is 10.5. The lowest BCUT2D eigenvalue weighted by Crippen LogP contribution is -2.36. The summed E-state index contributed by atoms with van der Waals surface area (Å²) >= 11 is 0.920. The van der Waals surface area contributed by atoms with Gasteiger partial charge in [-0.1, -0.05) is 12.1 Å². The summed E-state index contributed by atoms with van der Waals surface area (Å²) in [5.74, 6) is -1.16. The van der Waals surface area contributed by atoms with Crippen molar-refractivity contribution in [3.05, 3.63) is 70.0 Å². The molecule has 0 bridgehead atoms. The largest absolute Gasteiger partial charge is 0.487 e. The van der Waals surface area contributed by atoms with Crippen LogP contribution in [0.25, 0.3) is 0 Å². The zero-order chi connectivity index (χ0) is 25.0. The van der Waals surface area contributed by atoms with Crippen molar-refractivity contribution in [1.82, 2.24) is 4.98 Å². The number of carbonyl (C=O) groups excluding carboxylic acids is 1. The van der Waals surface area contributed by atoms with Gasteiger partial charge < -0.3 is 9.47 Å². The maximum atomic E-state index is 14.4. The quantitative estimate of drug-likeness (QED) is 0.384. The number of benzene rings is 2. The zero-order valence-electron chi connectivity index (χ0n) is 19.0. The summed E-state index contributed by atoms with van der Waals surface area (Å²) in [7, 11) is -2.96. The number of hydrogen-bond donors (Lipinski definition) is 0. The third-order valence-corrected chi connectivity index (χ3v) is 7.94. The Kier molecular flexibility index (Phi) is 7.88. The lowest BCUT2D eigenvalue weighted by atomic mass is 10.1. The lowest BCUT2D eigenvalue weighted by Gasteiger charge is -2.26. The molecule has 1 unspecified atom stereocenters. The van der Waals surface area contributed by atoms with E-state index in [4.69, 9.17) is 4.74 Å². The maximum absolute atomic E-state index is 14.4. The van der Waals surface area contributed by atoms with Crippen LogP contribution in [0.5, 0.6) is 5.75 Å². The van der Waals surface area contributed by atoms with E-state index in [1.165, 1.54) is 27.0 Å². The highest BCUT2D eigenvalue weighted by Gasteiger charge is 2.32. The van der Waals surface area contributed by atoms with Crippen LogP contribution in [-0.4, -0.2) is 39.2 Å². The van der Waals surface area contributed by atoms with Crippen molar-refractivity contribution < 1.29 is 31.5 Å². The molecule has 0 fully saturated rings. The van der Waals surface area contributed by atoms with Gasteiger partial charge in [0.2, 0.25) is 4.34 Å². The van der Waals surface area contributed by atoms with E-state index in [0.29, 0.717) is 16.8 Å². The average Bonchev–Trinajstić information content (AvgIpc) is 3.25. The number of thiazole rings is 1. The molecular weight excluding hydrogens is 486 g/mol. The van der Waals surface area contributed by atoms with Crippen LogP contribution in [0.1, 0.15) is 34.1 Å². The molecule has 0 aliphatic rings. The van der Waals surface area contributed by atoms with Crippen LogP contribution in [0.2, 0.25) is 0 Å². The molecule has 0 spiro atoms. The van der Waals surface area contributed by atoms with E-state index >= 15 is 0 Å². The van der Waals surface area contributed by atoms with E-state index in [1.807, 2.05) is 0 Å². The molecule has 3 rings (SSSR count). The van der Waals surface area contributed by atoms with Gasteiger partial charge in [0.25, 0.3) is 10.0 Å². The van der Waals surface area contributed by atoms with Crippen LogP contribution in [0.15, 0.2) is 46.1 Å². The highest BCUT2D eigenvalue weighted by atomic mass is 32.2. The minimum absolute atomic E-state index is 0.00225. The molecule has 1 atom stereocenters. The Morgan fingerprint density at radius 1 is 1.21 bits per heavy atom. The summed E-state index contributed by atoms with van der Waals surface area (Å²) in [4.78, 5) is 15.6. The van der Waals surface area contributed by atoms with Gasteiger partial charge in [0.15, 0.2) is 0 Å². The van der Waals surface area contributed by atoms with Gasteiger partial charge in [-0.3, -0.25) is 4.31 Å². The second-order valence-corrected chi connectivity index (χ2v) is 10.5. The first-order valence-corrected chi connectivity index (χ1v) is 12.5. The third kappa shape index (κ3) is 5.71. The number of esters is 1. The highest BCUT2D eigenvalue weighted by Crippen LogP contribution is 2.36. The smallest absolute Gasteiger partial charge is 0.337 e. The Morgan fingerprint density at radius 2 is 1.88 bits per heavy atom. The number of ether oxygens (including phenoxy) is 2. The summed E-state index contributed by atoms with van der Waals surface area (Å²) in [5, 5.41) is 1.58. The molecular formula is C23H24F2N2O5S2. The monoisotopic (exact) mass is 510 g/mol. The minimum Gasteiger partial charge on any atom is -0.487 e. The Balaban J connectivity index is 1.99. The molecule has 0 saturated carbocycles. The summed E-state index contributed by atoms with van der Waals surface area (Å²) < 4.78 is 66.3. The SMILES string of the molecule is COC(=O)c1ccc(COc2cc(F)c(C)cc2N(CC(C)F)S(=O)(=O)c2nc(C)cs2)cc1. The van der Waals surface area contributed by atoms with E-state index in [1.54, 1.807) is 36.6 Å². The van der Waals surface area contributed by atoms with Crippen LogP contribution in [-0.2, 0) is 21.4 Å². The lowest BCUT2D eigenvalue weighted by molar-refractivity contribution is 0.0600.